The van der Waals surface area contributed by atoms with E-state index in [0.29, 0.717) is 5.91 Å². The molecule has 1 aliphatic rings. The summed E-state index contributed by atoms with van der Waals surface area (Å²) >= 11 is 0. The molecule has 0 aromatic heterocycles. The van der Waals surface area contributed by atoms with E-state index in [1.165, 1.54) is 19.4 Å². The van der Waals surface area contributed by atoms with Crippen LogP contribution in [0.15, 0.2) is 0 Å². The van der Waals surface area contributed by atoms with Crippen LogP contribution in [0.25, 0.3) is 0 Å². The molecule has 0 spiro atoms. The minimum absolute atomic E-state index is 0.146. The van der Waals surface area contributed by atoms with E-state index in [1.54, 1.807) is 0 Å². The standard InChI is InChI=1S/C12H24N2O/c1-4-5-6-13-7-9-14(10-8-13)12(15)11(2)3/h11H,4-10H2,1-3H3. The summed E-state index contributed by atoms with van der Waals surface area (Å²) in [5, 5.41) is 0. The van der Waals surface area contributed by atoms with E-state index in [1.807, 2.05) is 18.7 Å². The lowest BCUT2D eigenvalue weighted by Gasteiger charge is -2.35. The minimum atomic E-state index is 0.146. The fourth-order valence-corrected chi connectivity index (χ4v) is 1.94. The maximum absolute atomic E-state index is 11.7. The second-order valence-corrected chi connectivity index (χ2v) is 4.68. The highest BCUT2D eigenvalue weighted by Gasteiger charge is 2.22. The maximum atomic E-state index is 11.7. The fourth-order valence-electron chi connectivity index (χ4n) is 1.94. The SMILES string of the molecule is CCCCN1CCN(C(=O)C(C)C)CC1. The van der Waals surface area contributed by atoms with Gasteiger partial charge in [0, 0.05) is 32.1 Å². The van der Waals surface area contributed by atoms with Gasteiger partial charge in [-0.1, -0.05) is 27.2 Å². The highest BCUT2D eigenvalue weighted by atomic mass is 16.2. The van der Waals surface area contributed by atoms with Crippen LogP contribution in [0.5, 0.6) is 0 Å². The molecule has 15 heavy (non-hydrogen) atoms. The van der Waals surface area contributed by atoms with Gasteiger partial charge in [-0.15, -0.1) is 0 Å². The zero-order valence-electron chi connectivity index (χ0n) is 10.3. The smallest absolute Gasteiger partial charge is 0.225 e. The molecule has 1 aliphatic heterocycles. The van der Waals surface area contributed by atoms with Crippen molar-refractivity contribution in [3.05, 3.63) is 0 Å². The van der Waals surface area contributed by atoms with Crippen LogP contribution >= 0.6 is 0 Å². The number of carbonyl (C=O) groups is 1. The third-order valence-electron chi connectivity index (χ3n) is 3.01. The van der Waals surface area contributed by atoms with Gasteiger partial charge in [-0.3, -0.25) is 9.69 Å². The van der Waals surface area contributed by atoms with Crippen molar-refractivity contribution in [2.75, 3.05) is 32.7 Å². The average Bonchev–Trinajstić information content (AvgIpc) is 2.26. The summed E-state index contributed by atoms with van der Waals surface area (Å²) in [6.45, 7) is 11.3. The summed E-state index contributed by atoms with van der Waals surface area (Å²) in [6.07, 6.45) is 2.53. The third-order valence-corrected chi connectivity index (χ3v) is 3.01. The van der Waals surface area contributed by atoms with E-state index < -0.39 is 0 Å². The molecular weight excluding hydrogens is 188 g/mol. The highest BCUT2D eigenvalue weighted by Crippen LogP contribution is 2.07. The quantitative estimate of drug-likeness (QED) is 0.706. The van der Waals surface area contributed by atoms with Gasteiger partial charge in [-0.2, -0.15) is 0 Å². The number of nitrogens with zero attached hydrogens (tertiary/aromatic N) is 2. The van der Waals surface area contributed by atoms with Gasteiger partial charge >= 0.3 is 0 Å². The van der Waals surface area contributed by atoms with E-state index in [4.69, 9.17) is 0 Å². The molecular formula is C12H24N2O. The van der Waals surface area contributed by atoms with Crippen molar-refractivity contribution in [1.29, 1.82) is 0 Å². The molecule has 1 rings (SSSR count). The van der Waals surface area contributed by atoms with E-state index in [0.717, 1.165) is 26.2 Å². The molecule has 0 unspecified atom stereocenters. The fraction of sp³-hybridized carbons (Fsp3) is 0.917. The predicted octanol–water partition coefficient (Wildman–Crippen LogP) is 1.59. The van der Waals surface area contributed by atoms with Crippen LogP contribution < -0.4 is 0 Å². The van der Waals surface area contributed by atoms with Crippen LogP contribution in [0.3, 0.4) is 0 Å². The van der Waals surface area contributed by atoms with Crippen molar-refractivity contribution in [3.63, 3.8) is 0 Å². The molecule has 0 aliphatic carbocycles. The van der Waals surface area contributed by atoms with Gasteiger partial charge in [0.1, 0.15) is 0 Å². The first kappa shape index (κ1) is 12.5. The largest absolute Gasteiger partial charge is 0.340 e. The van der Waals surface area contributed by atoms with Gasteiger partial charge in [0.15, 0.2) is 0 Å². The van der Waals surface area contributed by atoms with Crippen LogP contribution in [-0.2, 0) is 4.79 Å². The Morgan fingerprint density at radius 2 is 1.80 bits per heavy atom. The first-order valence-corrected chi connectivity index (χ1v) is 6.16. The molecule has 1 heterocycles. The van der Waals surface area contributed by atoms with E-state index in [9.17, 15) is 4.79 Å². The Kier molecular flexibility index (Phi) is 5.09. The summed E-state index contributed by atoms with van der Waals surface area (Å²) in [7, 11) is 0. The molecule has 1 fully saturated rings. The average molecular weight is 212 g/mol. The van der Waals surface area contributed by atoms with Crippen LogP contribution in [0.4, 0.5) is 0 Å². The summed E-state index contributed by atoms with van der Waals surface area (Å²) in [5.41, 5.74) is 0. The minimum Gasteiger partial charge on any atom is -0.340 e. The Hall–Kier alpha value is -0.570. The zero-order valence-corrected chi connectivity index (χ0v) is 10.3. The molecule has 0 saturated carbocycles. The lowest BCUT2D eigenvalue weighted by atomic mass is 10.1. The number of carbonyl (C=O) groups excluding carboxylic acids is 1. The van der Waals surface area contributed by atoms with Gasteiger partial charge in [-0.25, -0.2) is 0 Å². The second kappa shape index (κ2) is 6.11. The Labute approximate surface area is 93.4 Å². The first-order valence-electron chi connectivity index (χ1n) is 6.16. The lowest BCUT2D eigenvalue weighted by Crippen LogP contribution is -2.49. The van der Waals surface area contributed by atoms with Crippen LogP contribution in [0.1, 0.15) is 33.6 Å². The van der Waals surface area contributed by atoms with Crippen molar-refractivity contribution < 1.29 is 4.79 Å². The van der Waals surface area contributed by atoms with Crippen LogP contribution in [0, 0.1) is 5.92 Å². The number of unbranched alkanes of at least 4 members (excludes halogenated alkanes) is 1. The van der Waals surface area contributed by atoms with Gasteiger partial charge in [0.05, 0.1) is 0 Å². The van der Waals surface area contributed by atoms with Crippen LogP contribution in [0.2, 0.25) is 0 Å². The molecule has 0 radical (unpaired) electrons. The highest BCUT2D eigenvalue weighted by molar-refractivity contribution is 5.78. The summed E-state index contributed by atoms with van der Waals surface area (Å²) in [4.78, 5) is 16.2. The van der Waals surface area contributed by atoms with E-state index in [-0.39, 0.29) is 5.92 Å². The Balaban J connectivity index is 2.26. The lowest BCUT2D eigenvalue weighted by molar-refractivity contribution is -0.136. The zero-order chi connectivity index (χ0) is 11.3. The van der Waals surface area contributed by atoms with Gasteiger partial charge < -0.3 is 4.90 Å². The van der Waals surface area contributed by atoms with Crippen LogP contribution in [-0.4, -0.2) is 48.4 Å². The molecule has 0 aromatic rings. The summed E-state index contributed by atoms with van der Waals surface area (Å²) < 4.78 is 0. The first-order chi connectivity index (χ1) is 7.15. The van der Waals surface area contributed by atoms with Gasteiger partial charge in [0.2, 0.25) is 5.91 Å². The van der Waals surface area contributed by atoms with E-state index in [2.05, 4.69) is 11.8 Å². The second-order valence-electron chi connectivity index (χ2n) is 4.68. The van der Waals surface area contributed by atoms with Crippen molar-refractivity contribution in [1.82, 2.24) is 9.80 Å². The molecule has 1 saturated heterocycles. The molecule has 3 heteroatoms. The van der Waals surface area contributed by atoms with Crippen molar-refractivity contribution in [2.45, 2.75) is 33.6 Å². The molecule has 3 nitrogen and oxygen atoms in total. The predicted molar refractivity (Wildman–Crippen MR) is 62.8 cm³/mol. The number of amides is 1. The number of hydrogen-bond acceptors (Lipinski definition) is 2. The van der Waals surface area contributed by atoms with Crippen molar-refractivity contribution in [2.24, 2.45) is 5.92 Å². The van der Waals surface area contributed by atoms with Gasteiger partial charge in [0.25, 0.3) is 0 Å². The number of piperazine rings is 1. The summed E-state index contributed by atoms with van der Waals surface area (Å²) in [6, 6.07) is 0. The molecule has 88 valence electrons. The number of hydrogen-bond donors (Lipinski definition) is 0. The van der Waals surface area contributed by atoms with E-state index >= 15 is 0 Å². The molecule has 0 aromatic carbocycles. The third kappa shape index (κ3) is 3.82. The summed E-state index contributed by atoms with van der Waals surface area (Å²) in [5.74, 6) is 0.456. The monoisotopic (exact) mass is 212 g/mol. The Morgan fingerprint density at radius 1 is 1.20 bits per heavy atom. The molecule has 0 bridgehead atoms. The molecule has 0 atom stereocenters. The Morgan fingerprint density at radius 3 is 2.27 bits per heavy atom. The normalized spacial score (nSPS) is 18.5. The Bertz CT molecular complexity index is 196. The maximum Gasteiger partial charge on any atom is 0.225 e. The number of rotatable bonds is 4. The van der Waals surface area contributed by atoms with Gasteiger partial charge in [-0.05, 0) is 13.0 Å². The topological polar surface area (TPSA) is 23.6 Å². The molecule has 0 N–H and O–H groups in total. The van der Waals surface area contributed by atoms with Crippen molar-refractivity contribution in [3.8, 4) is 0 Å². The van der Waals surface area contributed by atoms with Crippen molar-refractivity contribution >= 4 is 5.91 Å². The molecule has 1 amide bonds.